The first-order chi connectivity index (χ1) is 5.04. The van der Waals surface area contributed by atoms with Crippen LogP contribution < -0.4 is 0 Å². The summed E-state index contributed by atoms with van der Waals surface area (Å²) in [5, 5.41) is 5.94. The minimum Gasteiger partial charge on any atom is -0.329 e. The maximum absolute atomic E-state index is 4.20. The molecule has 1 aliphatic heterocycles. The van der Waals surface area contributed by atoms with Crippen LogP contribution >= 0.6 is 0 Å². The minimum absolute atomic E-state index is 0.848. The lowest BCUT2D eigenvalue weighted by Crippen LogP contribution is -2.33. The van der Waals surface area contributed by atoms with Gasteiger partial charge in [-0.1, -0.05) is 13.2 Å². The third-order valence-electron chi connectivity index (χ3n) is 1.88. The molecule has 0 N–H and O–H groups in total. The predicted molar refractivity (Wildman–Crippen MR) is 46.9 cm³/mol. The third kappa shape index (κ3) is 1.13. The smallest absolute Gasteiger partial charge is 0.121 e. The highest BCUT2D eigenvalue weighted by molar-refractivity contribution is 5.97. The lowest BCUT2D eigenvalue weighted by Gasteiger charge is -2.33. The fourth-order valence-electron chi connectivity index (χ4n) is 0.956. The van der Waals surface area contributed by atoms with Crippen molar-refractivity contribution in [2.75, 3.05) is 14.1 Å². The molecule has 1 heterocycles. The summed E-state index contributed by atoms with van der Waals surface area (Å²) < 4.78 is 0. The fourth-order valence-corrected chi connectivity index (χ4v) is 0.956. The average molecular weight is 151 g/mol. The molecule has 3 heteroatoms. The predicted octanol–water partition coefficient (Wildman–Crippen LogP) is 1.22. The van der Waals surface area contributed by atoms with Crippen LogP contribution in [0.1, 0.15) is 6.92 Å². The van der Waals surface area contributed by atoms with Gasteiger partial charge in [-0.2, -0.15) is 5.10 Å². The zero-order valence-corrected chi connectivity index (χ0v) is 7.26. The average Bonchev–Trinajstić information content (AvgIpc) is 1.97. The van der Waals surface area contributed by atoms with Crippen LogP contribution in [-0.2, 0) is 0 Å². The molecule has 0 bridgehead atoms. The Labute approximate surface area is 67.3 Å². The molecule has 0 amide bonds. The highest BCUT2D eigenvalue weighted by atomic mass is 15.5. The number of allylic oxidation sites excluding steroid dienone is 1. The molecular weight excluding hydrogens is 138 g/mol. The Kier molecular flexibility index (Phi) is 1.72. The first-order valence-corrected chi connectivity index (χ1v) is 3.45. The molecule has 0 atom stereocenters. The van der Waals surface area contributed by atoms with Crippen LogP contribution in [0.2, 0.25) is 0 Å². The number of nitrogens with zero attached hydrogens (tertiary/aromatic N) is 3. The standard InChI is InChI=1S/C8H13N3/c1-6-7(2)10(4)8(3)11(5)9-6/h2-3H2,1,4-5H3. The van der Waals surface area contributed by atoms with E-state index in [9.17, 15) is 0 Å². The van der Waals surface area contributed by atoms with Crippen LogP contribution in [0.5, 0.6) is 0 Å². The Morgan fingerprint density at radius 3 is 2.36 bits per heavy atom. The van der Waals surface area contributed by atoms with E-state index in [0.717, 1.165) is 17.2 Å². The van der Waals surface area contributed by atoms with Gasteiger partial charge in [0.25, 0.3) is 0 Å². The molecule has 0 aromatic heterocycles. The molecule has 0 aromatic carbocycles. The lowest BCUT2D eigenvalue weighted by molar-refractivity contribution is 0.309. The van der Waals surface area contributed by atoms with Gasteiger partial charge >= 0.3 is 0 Å². The summed E-state index contributed by atoms with van der Waals surface area (Å²) >= 11 is 0. The van der Waals surface area contributed by atoms with Crippen LogP contribution in [0, 0.1) is 0 Å². The molecule has 60 valence electrons. The molecule has 11 heavy (non-hydrogen) atoms. The normalized spacial score (nSPS) is 19.0. The van der Waals surface area contributed by atoms with E-state index in [1.807, 2.05) is 25.9 Å². The van der Waals surface area contributed by atoms with Crippen molar-refractivity contribution >= 4 is 5.71 Å². The van der Waals surface area contributed by atoms with Crippen molar-refractivity contribution in [3.63, 3.8) is 0 Å². The number of hydrogen-bond donors (Lipinski definition) is 0. The van der Waals surface area contributed by atoms with E-state index < -0.39 is 0 Å². The first kappa shape index (κ1) is 7.85. The van der Waals surface area contributed by atoms with Crippen molar-refractivity contribution in [1.29, 1.82) is 0 Å². The van der Waals surface area contributed by atoms with Crippen LogP contribution in [0.15, 0.2) is 29.8 Å². The summed E-state index contributed by atoms with van der Waals surface area (Å²) in [6.45, 7) is 9.65. The van der Waals surface area contributed by atoms with E-state index in [1.165, 1.54) is 0 Å². The fraction of sp³-hybridized carbons (Fsp3) is 0.375. The molecule has 1 aliphatic rings. The first-order valence-electron chi connectivity index (χ1n) is 3.45. The summed E-state index contributed by atoms with van der Waals surface area (Å²) in [5.74, 6) is 0.848. The zero-order chi connectivity index (χ0) is 8.59. The summed E-state index contributed by atoms with van der Waals surface area (Å²) in [7, 11) is 3.80. The molecule has 0 aliphatic carbocycles. The largest absolute Gasteiger partial charge is 0.329 e. The summed E-state index contributed by atoms with van der Waals surface area (Å²) in [5.41, 5.74) is 1.84. The van der Waals surface area contributed by atoms with E-state index in [-0.39, 0.29) is 0 Å². The Balaban J connectivity index is 3.01. The Morgan fingerprint density at radius 2 is 1.82 bits per heavy atom. The molecule has 0 fully saturated rings. The Morgan fingerprint density at radius 1 is 1.27 bits per heavy atom. The van der Waals surface area contributed by atoms with Gasteiger partial charge in [0.2, 0.25) is 0 Å². The van der Waals surface area contributed by atoms with Gasteiger partial charge in [-0.05, 0) is 6.92 Å². The topological polar surface area (TPSA) is 18.8 Å². The number of rotatable bonds is 0. The van der Waals surface area contributed by atoms with E-state index in [0.29, 0.717) is 0 Å². The molecule has 0 unspecified atom stereocenters. The minimum atomic E-state index is 0.848. The molecule has 0 aromatic rings. The second-order valence-corrected chi connectivity index (χ2v) is 2.63. The molecule has 0 radical (unpaired) electrons. The van der Waals surface area contributed by atoms with Crippen LogP contribution in [0.25, 0.3) is 0 Å². The van der Waals surface area contributed by atoms with E-state index in [4.69, 9.17) is 0 Å². The van der Waals surface area contributed by atoms with Crippen molar-refractivity contribution in [3.05, 3.63) is 24.7 Å². The second kappa shape index (κ2) is 2.42. The van der Waals surface area contributed by atoms with E-state index in [2.05, 4.69) is 18.3 Å². The van der Waals surface area contributed by atoms with Crippen molar-refractivity contribution in [3.8, 4) is 0 Å². The highest BCUT2D eigenvalue weighted by Crippen LogP contribution is 2.17. The van der Waals surface area contributed by atoms with Crippen LogP contribution in [0.3, 0.4) is 0 Å². The number of hydrazone groups is 1. The molecular formula is C8H13N3. The zero-order valence-electron chi connectivity index (χ0n) is 7.26. The lowest BCUT2D eigenvalue weighted by atomic mass is 10.3. The molecule has 1 rings (SSSR count). The van der Waals surface area contributed by atoms with Gasteiger partial charge < -0.3 is 4.90 Å². The van der Waals surface area contributed by atoms with Gasteiger partial charge in [0, 0.05) is 14.1 Å². The van der Waals surface area contributed by atoms with Crippen molar-refractivity contribution in [2.45, 2.75) is 6.92 Å². The highest BCUT2D eigenvalue weighted by Gasteiger charge is 2.17. The maximum atomic E-state index is 4.20. The summed E-state index contributed by atoms with van der Waals surface area (Å²) in [6.07, 6.45) is 0. The van der Waals surface area contributed by atoms with Gasteiger partial charge in [-0.25, -0.2) is 0 Å². The summed E-state index contributed by atoms with van der Waals surface area (Å²) in [6, 6.07) is 0. The van der Waals surface area contributed by atoms with Gasteiger partial charge in [0.1, 0.15) is 5.82 Å². The quantitative estimate of drug-likeness (QED) is 0.518. The van der Waals surface area contributed by atoms with Gasteiger partial charge in [-0.15, -0.1) is 0 Å². The van der Waals surface area contributed by atoms with Gasteiger partial charge in [0.05, 0.1) is 11.4 Å². The van der Waals surface area contributed by atoms with Crippen molar-refractivity contribution < 1.29 is 0 Å². The van der Waals surface area contributed by atoms with Crippen LogP contribution in [0.4, 0.5) is 0 Å². The molecule has 0 saturated heterocycles. The van der Waals surface area contributed by atoms with Gasteiger partial charge in [-0.3, -0.25) is 5.01 Å². The third-order valence-corrected chi connectivity index (χ3v) is 1.88. The molecule has 3 nitrogen and oxygen atoms in total. The molecule has 0 spiro atoms. The Bertz CT molecular complexity index is 240. The SMILES string of the molecule is C=C1C(C)=NN(C)C(=C)N1C. The maximum Gasteiger partial charge on any atom is 0.121 e. The van der Waals surface area contributed by atoms with Crippen LogP contribution in [-0.4, -0.2) is 29.7 Å². The van der Waals surface area contributed by atoms with Crippen molar-refractivity contribution in [2.24, 2.45) is 5.10 Å². The Hall–Kier alpha value is -1.25. The van der Waals surface area contributed by atoms with Crippen molar-refractivity contribution in [1.82, 2.24) is 9.91 Å². The monoisotopic (exact) mass is 151 g/mol. The van der Waals surface area contributed by atoms with Gasteiger partial charge in [0.15, 0.2) is 0 Å². The number of hydrogen-bond acceptors (Lipinski definition) is 3. The summed E-state index contributed by atoms with van der Waals surface area (Å²) in [4.78, 5) is 1.92. The van der Waals surface area contributed by atoms with E-state index >= 15 is 0 Å². The molecule has 0 saturated carbocycles. The second-order valence-electron chi connectivity index (χ2n) is 2.63. The van der Waals surface area contributed by atoms with E-state index in [1.54, 1.807) is 5.01 Å².